The Bertz CT molecular complexity index is 1210. The second kappa shape index (κ2) is 14.4. The minimum absolute atomic E-state index is 0.00306. The molecule has 1 atom stereocenters. The standard InChI is InChI=1S/C33H40N2O4/c1-3-34-22-12-5-13-23-35(32(36)21-20-27-16-8-10-18-30(27)38-2)28(24-26-14-6-4-7-15-26)25-39-31-19-11-9-17-29(31)33(34)37/h4,6-11,14-19,28H,3,5,12-13,20-25H2,1-2H3/t28-/m0/s1. The lowest BCUT2D eigenvalue weighted by Gasteiger charge is -2.32. The maximum absolute atomic E-state index is 13.8. The van der Waals surface area contributed by atoms with Crippen molar-refractivity contribution < 1.29 is 19.1 Å². The van der Waals surface area contributed by atoms with Crippen molar-refractivity contribution in [3.63, 3.8) is 0 Å². The highest BCUT2D eigenvalue weighted by Gasteiger charge is 2.27. The molecule has 0 fully saturated rings. The Kier molecular flexibility index (Phi) is 10.4. The highest BCUT2D eigenvalue weighted by atomic mass is 16.5. The predicted molar refractivity (Wildman–Crippen MR) is 154 cm³/mol. The zero-order valence-corrected chi connectivity index (χ0v) is 23.2. The van der Waals surface area contributed by atoms with E-state index in [0.29, 0.717) is 56.8 Å². The Balaban J connectivity index is 1.61. The van der Waals surface area contributed by atoms with E-state index in [9.17, 15) is 9.59 Å². The van der Waals surface area contributed by atoms with Crippen molar-refractivity contribution in [1.29, 1.82) is 0 Å². The lowest BCUT2D eigenvalue weighted by molar-refractivity contribution is -0.134. The van der Waals surface area contributed by atoms with Crippen molar-refractivity contribution in [2.45, 2.75) is 51.5 Å². The monoisotopic (exact) mass is 528 g/mol. The van der Waals surface area contributed by atoms with E-state index in [1.165, 1.54) is 0 Å². The molecule has 0 radical (unpaired) electrons. The van der Waals surface area contributed by atoms with E-state index in [2.05, 4.69) is 12.1 Å². The Morgan fingerprint density at radius 2 is 1.64 bits per heavy atom. The Morgan fingerprint density at radius 3 is 2.44 bits per heavy atom. The highest BCUT2D eigenvalue weighted by Crippen LogP contribution is 2.24. The van der Waals surface area contributed by atoms with Gasteiger partial charge in [-0.15, -0.1) is 0 Å². The van der Waals surface area contributed by atoms with Crippen LogP contribution in [0.25, 0.3) is 0 Å². The van der Waals surface area contributed by atoms with Gasteiger partial charge in [-0.2, -0.15) is 0 Å². The first-order chi connectivity index (χ1) is 19.1. The number of methoxy groups -OCH3 is 1. The first-order valence-corrected chi connectivity index (χ1v) is 14.1. The van der Waals surface area contributed by atoms with Crippen LogP contribution in [0.1, 0.15) is 54.1 Å². The molecule has 0 saturated heterocycles. The highest BCUT2D eigenvalue weighted by molar-refractivity contribution is 5.97. The third kappa shape index (κ3) is 7.62. The second-order valence-electron chi connectivity index (χ2n) is 10.00. The zero-order chi connectivity index (χ0) is 27.5. The summed E-state index contributed by atoms with van der Waals surface area (Å²) in [6.07, 6.45) is 4.41. The van der Waals surface area contributed by atoms with Crippen molar-refractivity contribution in [2.24, 2.45) is 0 Å². The average Bonchev–Trinajstić information content (AvgIpc) is 2.99. The maximum Gasteiger partial charge on any atom is 0.257 e. The van der Waals surface area contributed by atoms with Crippen LogP contribution in [0, 0.1) is 0 Å². The minimum Gasteiger partial charge on any atom is -0.496 e. The van der Waals surface area contributed by atoms with Crippen LogP contribution in [-0.2, 0) is 17.6 Å². The van der Waals surface area contributed by atoms with Gasteiger partial charge in [-0.3, -0.25) is 9.59 Å². The van der Waals surface area contributed by atoms with E-state index in [1.807, 2.05) is 83.5 Å². The van der Waals surface area contributed by atoms with Crippen LogP contribution in [0.15, 0.2) is 78.9 Å². The second-order valence-corrected chi connectivity index (χ2v) is 10.00. The molecule has 0 spiro atoms. The third-order valence-corrected chi connectivity index (χ3v) is 7.42. The third-order valence-electron chi connectivity index (χ3n) is 7.42. The van der Waals surface area contributed by atoms with Crippen molar-refractivity contribution in [3.8, 4) is 11.5 Å². The summed E-state index contributed by atoms with van der Waals surface area (Å²) in [5.74, 6) is 1.48. The van der Waals surface area contributed by atoms with Crippen LogP contribution in [0.5, 0.6) is 11.5 Å². The fraction of sp³-hybridized carbons (Fsp3) is 0.394. The largest absolute Gasteiger partial charge is 0.496 e. The van der Waals surface area contributed by atoms with E-state index in [0.717, 1.165) is 36.1 Å². The number of carbonyl (C=O) groups excluding carboxylic acids is 2. The fourth-order valence-corrected chi connectivity index (χ4v) is 5.24. The van der Waals surface area contributed by atoms with Crippen molar-refractivity contribution in [2.75, 3.05) is 33.4 Å². The number of rotatable bonds is 7. The Hall–Kier alpha value is -3.80. The SMILES string of the molecule is CCN1CCCCCN(C(=O)CCc2ccccc2OC)[C@@H](Cc2ccccc2)COc2ccccc2C1=O. The Morgan fingerprint density at radius 1 is 0.923 bits per heavy atom. The molecule has 4 rings (SSSR count). The molecule has 0 bridgehead atoms. The minimum atomic E-state index is -0.163. The van der Waals surface area contributed by atoms with Gasteiger partial charge in [0.1, 0.15) is 18.1 Å². The Labute approximate surface area is 232 Å². The van der Waals surface area contributed by atoms with Crippen molar-refractivity contribution >= 4 is 11.8 Å². The summed E-state index contributed by atoms with van der Waals surface area (Å²) in [7, 11) is 1.66. The van der Waals surface area contributed by atoms with E-state index in [1.54, 1.807) is 7.11 Å². The molecule has 1 aliphatic heterocycles. The van der Waals surface area contributed by atoms with E-state index in [4.69, 9.17) is 9.47 Å². The normalized spacial score (nSPS) is 16.8. The summed E-state index contributed by atoms with van der Waals surface area (Å²) >= 11 is 0. The lowest BCUT2D eigenvalue weighted by Crippen LogP contribution is -2.45. The number of para-hydroxylation sites is 2. The van der Waals surface area contributed by atoms with Crippen molar-refractivity contribution in [1.82, 2.24) is 9.80 Å². The number of nitrogens with zero attached hydrogens (tertiary/aromatic N) is 2. The molecule has 0 saturated carbocycles. The molecular weight excluding hydrogens is 488 g/mol. The topological polar surface area (TPSA) is 59.1 Å². The first kappa shape index (κ1) is 28.2. The number of amides is 2. The van der Waals surface area contributed by atoms with E-state index in [-0.39, 0.29) is 17.9 Å². The van der Waals surface area contributed by atoms with Gasteiger partial charge < -0.3 is 19.3 Å². The van der Waals surface area contributed by atoms with Crippen molar-refractivity contribution in [3.05, 3.63) is 95.6 Å². The molecule has 0 aliphatic carbocycles. The first-order valence-electron chi connectivity index (χ1n) is 14.1. The van der Waals surface area contributed by atoms with Crippen LogP contribution in [0.3, 0.4) is 0 Å². The van der Waals surface area contributed by atoms with E-state index >= 15 is 0 Å². The predicted octanol–water partition coefficient (Wildman–Crippen LogP) is 5.79. The molecule has 1 aliphatic rings. The van der Waals surface area contributed by atoms with Gasteiger partial charge in [0.2, 0.25) is 5.91 Å². The summed E-state index contributed by atoms with van der Waals surface area (Å²) in [5, 5.41) is 0. The van der Waals surface area contributed by atoms with Crippen LogP contribution < -0.4 is 9.47 Å². The maximum atomic E-state index is 13.8. The van der Waals surface area contributed by atoms with Crippen LogP contribution >= 0.6 is 0 Å². The van der Waals surface area contributed by atoms with Gasteiger partial charge in [0, 0.05) is 26.1 Å². The molecule has 6 nitrogen and oxygen atoms in total. The molecule has 0 aromatic heterocycles. The van der Waals surface area contributed by atoms with Crippen LogP contribution in [-0.4, -0.2) is 61.0 Å². The number of ether oxygens (including phenoxy) is 2. The number of hydrogen-bond acceptors (Lipinski definition) is 4. The number of benzene rings is 3. The van der Waals surface area contributed by atoms with Crippen LogP contribution in [0.2, 0.25) is 0 Å². The molecule has 1 heterocycles. The summed E-state index contributed by atoms with van der Waals surface area (Å²) in [6.45, 7) is 4.33. The number of aryl methyl sites for hydroxylation is 1. The molecule has 2 amide bonds. The van der Waals surface area contributed by atoms with Gasteiger partial charge in [-0.25, -0.2) is 0 Å². The molecule has 6 heteroatoms. The van der Waals surface area contributed by atoms with Gasteiger partial charge in [0.05, 0.1) is 18.7 Å². The fourth-order valence-electron chi connectivity index (χ4n) is 5.24. The number of hydrogen-bond donors (Lipinski definition) is 0. The zero-order valence-electron chi connectivity index (χ0n) is 23.2. The molecule has 3 aromatic rings. The molecule has 39 heavy (non-hydrogen) atoms. The quantitative estimate of drug-likeness (QED) is 0.389. The summed E-state index contributed by atoms with van der Waals surface area (Å²) < 4.78 is 11.9. The molecule has 3 aromatic carbocycles. The smallest absolute Gasteiger partial charge is 0.257 e. The lowest BCUT2D eigenvalue weighted by atomic mass is 10.0. The molecule has 0 unspecified atom stereocenters. The molecule has 206 valence electrons. The summed E-state index contributed by atoms with van der Waals surface area (Å²) in [5.41, 5.74) is 2.76. The average molecular weight is 529 g/mol. The van der Waals surface area contributed by atoms with Gasteiger partial charge in [0.25, 0.3) is 5.91 Å². The summed E-state index contributed by atoms with van der Waals surface area (Å²) in [6, 6.07) is 25.4. The summed E-state index contributed by atoms with van der Waals surface area (Å²) in [4.78, 5) is 31.1. The number of carbonyl (C=O) groups is 2. The van der Waals surface area contributed by atoms with Gasteiger partial charge in [-0.1, -0.05) is 60.7 Å². The van der Waals surface area contributed by atoms with Gasteiger partial charge in [0.15, 0.2) is 0 Å². The molecular formula is C33H40N2O4. The number of fused-ring (bicyclic) bond motifs is 1. The molecule has 0 N–H and O–H groups in total. The van der Waals surface area contributed by atoms with Gasteiger partial charge in [-0.05, 0) is 68.4 Å². The van der Waals surface area contributed by atoms with Crippen LogP contribution in [0.4, 0.5) is 0 Å². The van der Waals surface area contributed by atoms with Gasteiger partial charge >= 0.3 is 0 Å². The van der Waals surface area contributed by atoms with E-state index < -0.39 is 0 Å².